The topological polar surface area (TPSA) is 61.8 Å². The Labute approximate surface area is 141 Å². The highest BCUT2D eigenvalue weighted by Gasteiger charge is 2.38. The zero-order valence-corrected chi connectivity index (χ0v) is 13.3. The zero-order chi connectivity index (χ0) is 17.9. The molecule has 2 rings (SSSR count). The lowest BCUT2D eigenvalue weighted by Gasteiger charge is -2.41. The van der Waals surface area contributed by atoms with Crippen molar-refractivity contribution in [3.05, 3.63) is 42.0 Å². The summed E-state index contributed by atoms with van der Waals surface area (Å²) in [5.41, 5.74) is 0.722. The molecule has 0 bridgehead atoms. The van der Waals surface area contributed by atoms with Gasteiger partial charge < -0.3 is 9.64 Å². The lowest BCUT2D eigenvalue weighted by molar-refractivity contribution is -0.139. The number of ether oxygens (including phenoxy) is 1. The van der Waals surface area contributed by atoms with E-state index < -0.39 is 23.7 Å². The zero-order valence-electron chi connectivity index (χ0n) is 12.5. The monoisotopic (exact) mass is 360 g/mol. The number of carbonyl (C=O) groups excluding carboxylic acids is 1. The van der Waals surface area contributed by atoms with Crippen molar-refractivity contribution >= 4 is 23.1 Å². The second-order valence-corrected chi connectivity index (χ2v) is 5.47. The number of halogens is 3. The fourth-order valence-corrected chi connectivity index (χ4v) is 2.65. The molecule has 5 nitrogen and oxygen atoms in total. The molecule has 1 aromatic rings. The number of carbonyl (C=O) groups is 1. The predicted octanol–water partition coefficient (Wildman–Crippen LogP) is 2.53. The average molecular weight is 360 g/mol. The van der Waals surface area contributed by atoms with E-state index in [0.29, 0.717) is 13.0 Å². The number of hydroxylamine groups is 1. The van der Waals surface area contributed by atoms with E-state index in [2.05, 4.69) is 6.58 Å². The molecule has 1 aliphatic heterocycles. The van der Waals surface area contributed by atoms with E-state index in [1.165, 1.54) is 28.6 Å². The van der Waals surface area contributed by atoms with Gasteiger partial charge in [-0.2, -0.15) is 13.2 Å². The maximum atomic E-state index is 13.2. The van der Waals surface area contributed by atoms with Gasteiger partial charge in [0.1, 0.15) is 23.4 Å². The van der Waals surface area contributed by atoms with Gasteiger partial charge >= 0.3 is 6.18 Å². The van der Waals surface area contributed by atoms with E-state index >= 15 is 0 Å². The third-order valence-electron chi connectivity index (χ3n) is 3.58. The van der Waals surface area contributed by atoms with Crippen molar-refractivity contribution in [1.29, 1.82) is 0 Å². The lowest BCUT2D eigenvalue weighted by atomic mass is 10.00. The minimum Gasteiger partial charge on any atom is -0.489 e. The third kappa shape index (κ3) is 3.68. The summed E-state index contributed by atoms with van der Waals surface area (Å²) in [5.74, 6) is -0.965. The van der Waals surface area contributed by atoms with Crippen LogP contribution in [0.15, 0.2) is 30.9 Å². The van der Waals surface area contributed by atoms with E-state index in [0.717, 1.165) is 6.07 Å². The molecule has 0 saturated carbocycles. The Bertz CT molecular complexity index is 664. The second kappa shape index (κ2) is 7.18. The fraction of sp³-hybridized carbons (Fsp3) is 0.333. The predicted molar refractivity (Wildman–Crippen MR) is 83.9 cm³/mol. The Morgan fingerprint density at radius 2 is 2.25 bits per heavy atom. The van der Waals surface area contributed by atoms with Crippen LogP contribution in [0.4, 0.5) is 13.2 Å². The summed E-state index contributed by atoms with van der Waals surface area (Å²) >= 11 is 5.19. The summed E-state index contributed by atoms with van der Waals surface area (Å²) in [7, 11) is 0. The van der Waals surface area contributed by atoms with Gasteiger partial charge in [-0.05, 0) is 24.6 Å². The second-order valence-electron chi connectivity index (χ2n) is 5.09. The molecule has 1 saturated heterocycles. The molecule has 2 N–H and O–H groups in total. The molecular formula is C15H15F3N2O3S. The molecule has 1 amide bonds. The van der Waals surface area contributed by atoms with Crippen LogP contribution in [-0.4, -0.2) is 40.2 Å². The van der Waals surface area contributed by atoms with E-state index in [1.54, 1.807) is 0 Å². The number of benzene rings is 1. The number of rotatable bonds is 5. The first-order valence-corrected chi connectivity index (χ1v) is 7.40. The van der Waals surface area contributed by atoms with Crippen molar-refractivity contribution in [1.82, 2.24) is 10.4 Å². The molecule has 1 aliphatic rings. The van der Waals surface area contributed by atoms with E-state index in [9.17, 15) is 18.0 Å². The van der Waals surface area contributed by atoms with Crippen LogP contribution in [0.2, 0.25) is 0 Å². The largest absolute Gasteiger partial charge is 0.489 e. The summed E-state index contributed by atoms with van der Waals surface area (Å²) in [5, 5.41) is 8.67. The van der Waals surface area contributed by atoms with Gasteiger partial charge in [0, 0.05) is 12.1 Å². The van der Waals surface area contributed by atoms with E-state index in [1.807, 2.05) is 0 Å². The average Bonchev–Trinajstić information content (AvgIpc) is 2.50. The first-order chi connectivity index (χ1) is 11.3. The maximum absolute atomic E-state index is 13.2. The van der Waals surface area contributed by atoms with Crippen molar-refractivity contribution in [2.45, 2.75) is 18.6 Å². The van der Waals surface area contributed by atoms with Crippen LogP contribution in [0.1, 0.15) is 17.5 Å². The number of nitrogens with one attached hydrogen (secondary N) is 1. The molecule has 0 radical (unpaired) electrons. The Balaban J connectivity index is 2.29. The summed E-state index contributed by atoms with van der Waals surface area (Å²) in [4.78, 5) is 13.0. The molecular weight excluding hydrogens is 345 g/mol. The molecule has 130 valence electrons. The summed E-state index contributed by atoms with van der Waals surface area (Å²) in [6.45, 7) is 3.76. The number of nitrogens with zero attached hydrogens (tertiary/aromatic N) is 1. The Morgan fingerprint density at radius 3 is 2.75 bits per heavy atom. The molecule has 1 fully saturated rings. The van der Waals surface area contributed by atoms with Gasteiger partial charge in [0.15, 0.2) is 0 Å². The molecule has 1 atom stereocenters. The van der Waals surface area contributed by atoms with Crippen molar-refractivity contribution in [3.8, 4) is 5.75 Å². The lowest BCUT2D eigenvalue weighted by Crippen LogP contribution is -2.57. The Hall–Kier alpha value is -2.13. The normalized spacial score (nSPS) is 17.0. The van der Waals surface area contributed by atoms with Gasteiger partial charge in [0.2, 0.25) is 0 Å². The molecule has 9 heteroatoms. The molecule has 24 heavy (non-hydrogen) atoms. The molecule has 1 heterocycles. The number of likely N-dealkylation sites (tertiary alicyclic amines) is 1. The maximum Gasteiger partial charge on any atom is 0.419 e. The van der Waals surface area contributed by atoms with Crippen LogP contribution in [0.5, 0.6) is 5.75 Å². The number of hydrogen-bond acceptors (Lipinski definition) is 4. The van der Waals surface area contributed by atoms with Crippen molar-refractivity contribution in [2.24, 2.45) is 0 Å². The standard InChI is InChI=1S/C15H15F3N2O3S/c1-2-7-23-12-4-3-9(8-10(12)15(16,17)18)14(24)20-6-5-11(20)13(21)19-22/h2-4,8,11,22H,1,5-7H2,(H,19,21). The molecule has 0 aliphatic carbocycles. The number of thiocarbonyl (C=S) groups is 1. The minimum atomic E-state index is -4.61. The van der Waals surface area contributed by atoms with Gasteiger partial charge in [0.25, 0.3) is 5.91 Å². The van der Waals surface area contributed by atoms with Gasteiger partial charge in [-0.15, -0.1) is 0 Å². The van der Waals surface area contributed by atoms with Crippen LogP contribution in [0, 0.1) is 0 Å². The summed E-state index contributed by atoms with van der Waals surface area (Å²) in [6.07, 6.45) is -2.81. The quantitative estimate of drug-likeness (QED) is 0.366. The van der Waals surface area contributed by atoms with Gasteiger partial charge in [0.05, 0.1) is 5.56 Å². The molecule has 0 aromatic heterocycles. The summed E-state index contributed by atoms with van der Waals surface area (Å²) < 4.78 is 44.7. The van der Waals surface area contributed by atoms with Crippen LogP contribution in [0.3, 0.4) is 0 Å². The number of alkyl halides is 3. The summed E-state index contributed by atoms with van der Waals surface area (Å²) in [6, 6.07) is 2.80. The molecule has 1 aromatic carbocycles. The van der Waals surface area contributed by atoms with Crippen molar-refractivity contribution in [3.63, 3.8) is 0 Å². The SMILES string of the molecule is C=CCOc1ccc(C(=S)N2CCC2C(=O)NO)cc1C(F)(F)F. The van der Waals surface area contributed by atoms with E-state index in [4.69, 9.17) is 22.2 Å². The first kappa shape index (κ1) is 18.2. The highest BCUT2D eigenvalue weighted by Crippen LogP contribution is 2.37. The van der Waals surface area contributed by atoms with Gasteiger partial charge in [-0.3, -0.25) is 10.0 Å². The van der Waals surface area contributed by atoms with Crippen LogP contribution >= 0.6 is 12.2 Å². The van der Waals surface area contributed by atoms with E-state index in [-0.39, 0.29) is 22.9 Å². The molecule has 0 spiro atoms. The highest BCUT2D eigenvalue weighted by molar-refractivity contribution is 7.80. The van der Waals surface area contributed by atoms with Crippen molar-refractivity contribution < 1.29 is 27.9 Å². The Kier molecular flexibility index (Phi) is 5.45. The number of amides is 1. The smallest absolute Gasteiger partial charge is 0.419 e. The van der Waals surface area contributed by atoms with Gasteiger partial charge in [-0.1, -0.05) is 24.9 Å². The van der Waals surface area contributed by atoms with Crippen LogP contribution in [0.25, 0.3) is 0 Å². The first-order valence-electron chi connectivity index (χ1n) is 6.99. The van der Waals surface area contributed by atoms with Gasteiger partial charge in [-0.25, -0.2) is 5.48 Å². The third-order valence-corrected chi connectivity index (χ3v) is 4.05. The van der Waals surface area contributed by atoms with Crippen LogP contribution < -0.4 is 10.2 Å². The minimum absolute atomic E-state index is 0.0578. The van der Waals surface area contributed by atoms with Crippen LogP contribution in [-0.2, 0) is 11.0 Å². The highest BCUT2D eigenvalue weighted by atomic mass is 32.1. The number of hydrogen-bond donors (Lipinski definition) is 2. The Morgan fingerprint density at radius 1 is 1.54 bits per heavy atom. The van der Waals surface area contributed by atoms with Crippen molar-refractivity contribution in [2.75, 3.05) is 13.2 Å². The fourth-order valence-electron chi connectivity index (χ4n) is 2.30. The molecule has 1 unspecified atom stereocenters.